The molecule has 1 aliphatic rings. The van der Waals surface area contributed by atoms with Crippen LogP contribution in [0.2, 0.25) is 0 Å². The summed E-state index contributed by atoms with van der Waals surface area (Å²) in [6, 6.07) is 3.93. The van der Waals surface area contributed by atoms with Gasteiger partial charge in [-0.05, 0) is 56.1 Å². The third kappa shape index (κ3) is 2.89. The van der Waals surface area contributed by atoms with Gasteiger partial charge in [-0.1, -0.05) is 13.0 Å². The van der Waals surface area contributed by atoms with Gasteiger partial charge in [0.1, 0.15) is 0 Å². The van der Waals surface area contributed by atoms with E-state index in [0.717, 1.165) is 44.1 Å². The van der Waals surface area contributed by atoms with Crippen LogP contribution in [0.25, 0.3) is 0 Å². The molecule has 0 spiro atoms. The van der Waals surface area contributed by atoms with Crippen molar-refractivity contribution in [2.24, 2.45) is 11.3 Å². The molecular formula is C15H21NO2. The van der Waals surface area contributed by atoms with Crippen molar-refractivity contribution in [2.75, 3.05) is 0 Å². The van der Waals surface area contributed by atoms with Crippen molar-refractivity contribution in [3.05, 3.63) is 30.1 Å². The quantitative estimate of drug-likeness (QED) is 0.888. The van der Waals surface area contributed by atoms with Crippen molar-refractivity contribution < 1.29 is 9.90 Å². The standard InChI is InChI=1S/C15H21NO2/c1-12-4-7-15(8-5-12,14(17)18)9-6-13-3-2-10-16-11-13/h2-3,10-12H,4-9H2,1H3,(H,17,18). The van der Waals surface area contributed by atoms with E-state index < -0.39 is 11.4 Å². The largest absolute Gasteiger partial charge is 0.481 e. The van der Waals surface area contributed by atoms with Gasteiger partial charge in [0.2, 0.25) is 0 Å². The molecule has 3 nitrogen and oxygen atoms in total. The summed E-state index contributed by atoms with van der Waals surface area (Å²) in [7, 11) is 0. The third-order valence-corrected chi connectivity index (χ3v) is 4.30. The molecule has 3 heteroatoms. The number of aromatic nitrogens is 1. The van der Waals surface area contributed by atoms with Crippen LogP contribution in [-0.4, -0.2) is 16.1 Å². The van der Waals surface area contributed by atoms with Crippen LogP contribution in [0.15, 0.2) is 24.5 Å². The Kier molecular flexibility index (Phi) is 4.00. The molecule has 1 heterocycles. The van der Waals surface area contributed by atoms with E-state index in [2.05, 4.69) is 11.9 Å². The Hall–Kier alpha value is -1.38. The maximum absolute atomic E-state index is 11.6. The number of hydrogen-bond donors (Lipinski definition) is 1. The van der Waals surface area contributed by atoms with Gasteiger partial charge < -0.3 is 5.11 Å². The molecule has 0 bridgehead atoms. The van der Waals surface area contributed by atoms with Crippen LogP contribution in [0, 0.1) is 11.3 Å². The highest BCUT2D eigenvalue weighted by atomic mass is 16.4. The van der Waals surface area contributed by atoms with E-state index >= 15 is 0 Å². The van der Waals surface area contributed by atoms with Crippen LogP contribution in [0.4, 0.5) is 0 Å². The first-order valence-corrected chi connectivity index (χ1v) is 6.75. The zero-order valence-electron chi connectivity index (χ0n) is 10.9. The maximum Gasteiger partial charge on any atom is 0.309 e. The van der Waals surface area contributed by atoms with E-state index in [9.17, 15) is 9.90 Å². The lowest BCUT2D eigenvalue weighted by atomic mass is 9.68. The van der Waals surface area contributed by atoms with Crippen molar-refractivity contribution in [3.8, 4) is 0 Å². The number of carbonyl (C=O) groups is 1. The fourth-order valence-electron chi connectivity index (χ4n) is 2.82. The second kappa shape index (κ2) is 5.51. The molecule has 2 rings (SSSR count). The molecule has 1 aromatic rings. The van der Waals surface area contributed by atoms with Crippen molar-refractivity contribution >= 4 is 5.97 Å². The van der Waals surface area contributed by atoms with Gasteiger partial charge in [-0.25, -0.2) is 0 Å². The molecule has 1 aliphatic carbocycles. The second-order valence-electron chi connectivity index (χ2n) is 5.63. The molecule has 0 radical (unpaired) electrons. The average molecular weight is 247 g/mol. The van der Waals surface area contributed by atoms with E-state index in [-0.39, 0.29) is 0 Å². The van der Waals surface area contributed by atoms with Crippen LogP contribution >= 0.6 is 0 Å². The minimum Gasteiger partial charge on any atom is -0.481 e. The van der Waals surface area contributed by atoms with Gasteiger partial charge in [0.25, 0.3) is 0 Å². The van der Waals surface area contributed by atoms with Gasteiger partial charge >= 0.3 is 5.97 Å². The van der Waals surface area contributed by atoms with E-state index in [4.69, 9.17) is 0 Å². The zero-order chi connectivity index (χ0) is 13.0. The van der Waals surface area contributed by atoms with Crippen LogP contribution in [0.1, 0.15) is 44.6 Å². The minimum atomic E-state index is -0.613. The Morgan fingerprint density at radius 2 is 2.22 bits per heavy atom. The fraction of sp³-hybridized carbons (Fsp3) is 0.600. The number of hydrogen-bond acceptors (Lipinski definition) is 2. The van der Waals surface area contributed by atoms with Crippen LogP contribution in [0.5, 0.6) is 0 Å². The topological polar surface area (TPSA) is 50.2 Å². The summed E-state index contributed by atoms with van der Waals surface area (Å²) in [5.41, 5.74) is 0.638. The van der Waals surface area contributed by atoms with E-state index in [1.807, 2.05) is 18.3 Å². The van der Waals surface area contributed by atoms with Crippen molar-refractivity contribution in [1.29, 1.82) is 0 Å². The normalized spacial score (nSPS) is 27.9. The molecule has 1 saturated carbocycles. The van der Waals surface area contributed by atoms with Gasteiger partial charge in [0.15, 0.2) is 0 Å². The summed E-state index contributed by atoms with van der Waals surface area (Å²) < 4.78 is 0. The SMILES string of the molecule is CC1CCC(CCc2cccnc2)(C(=O)O)CC1. The summed E-state index contributed by atoms with van der Waals surface area (Å²) in [4.78, 5) is 15.7. The predicted octanol–water partition coefficient (Wildman–Crippen LogP) is 3.30. The highest BCUT2D eigenvalue weighted by molar-refractivity contribution is 5.74. The van der Waals surface area contributed by atoms with E-state index in [0.29, 0.717) is 5.92 Å². The zero-order valence-corrected chi connectivity index (χ0v) is 10.9. The predicted molar refractivity (Wildman–Crippen MR) is 70.3 cm³/mol. The number of carboxylic acids is 1. The molecule has 0 unspecified atom stereocenters. The maximum atomic E-state index is 11.6. The van der Waals surface area contributed by atoms with Crippen LogP contribution in [-0.2, 0) is 11.2 Å². The first-order chi connectivity index (χ1) is 8.62. The average Bonchev–Trinajstić information content (AvgIpc) is 2.39. The lowest BCUT2D eigenvalue weighted by Gasteiger charge is -2.35. The molecule has 18 heavy (non-hydrogen) atoms. The Labute approximate surface area is 108 Å². The first-order valence-electron chi connectivity index (χ1n) is 6.75. The molecular weight excluding hydrogens is 226 g/mol. The molecule has 1 aromatic heterocycles. The summed E-state index contributed by atoms with van der Waals surface area (Å²) in [6.45, 7) is 2.22. The molecule has 98 valence electrons. The van der Waals surface area contributed by atoms with Crippen molar-refractivity contribution in [3.63, 3.8) is 0 Å². The lowest BCUT2D eigenvalue weighted by Crippen LogP contribution is -2.35. The molecule has 0 saturated heterocycles. The third-order valence-electron chi connectivity index (χ3n) is 4.30. The van der Waals surface area contributed by atoms with Gasteiger partial charge in [0.05, 0.1) is 5.41 Å². The number of carboxylic acid groups (broad SMARTS) is 1. The first kappa shape index (κ1) is 13.1. The second-order valence-corrected chi connectivity index (χ2v) is 5.63. The molecule has 0 aromatic carbocycles. The van der Waals surface area contributed by atoms with Crippen molar-refractivity contribution in [1.82, 2.24) is 4.98 Å². The number of aryl methyl sites for hydroxylation is 1. The van der Waals surface area contributed by atoms with Crippen LogP contribution < -0.4 is 0 Å². The number of nitrogens with zero attached hydrogens (tertiary/aromatic N) is 1. The van der Waals surface area contributed by atoms with Gasteiger partial charge in [-0.15, -0.1) is 0 Å². The highest BCUT2D eigenvalue weighted by Gasteiger charge is 2.40. The smallest absolute Gasteiger partial charge is 0.309 e. The van der Waals surface area contributed by atoms with Gasteiger partial charge in [-0.2, -0.15) is 0 Å². The lowest BCUT2D eigenvalue weighted by molar-refractivity contribution is -0.152. The molecule has 0 amide bonds. The fourth-order valence-corrected chi connectivity index (χ4v) is 2.82. The van der Waals surface area contributed by atoms with Crippen LogP contribution in [0.3, 0.4) is 0 Å². The Morgan fingerprint density at radius 3 is 2.78 bits per heavy atom. The summed E-state index contributed by atoms with van der Waals surface area (Å²) >= 11 is 0. The molecule has 1 fully saturated rings. The Balaban J connectivity index is 2.01. The summed E-state index contributed by atoms with van der Waals surface area (Å²) in [5.74, 6) is 0.0640. The van der Waals surface area contributed by atoms with E-state index in [1.165, 1.54) is 0 Å². The number of rotatable bonds is 4. The van der Waals surface area contributed by atoms with Crippen molar-refractivity contribution in [2.45, 2.75) is 45.4 Å². The summed E-state index contributed by atoms with van der Waals surface area (Å²) in [5, 5.41) is 9.54. The Morgan fingerprint density at radius 1 is 1.50 bits per heavy atom. The number of aliphatic carboxylic acids is 1. The summed E-state index contributed by atoms with van der Waals surface area (Å²) in [6.07, 6.45) is 8.86. The van der Waals surface area contributed by atoms with Gasteiger partial charge in [0, 0.05) is 12.4 Å². The van der Waals surface area contributed by atoms with Gasteiger partial charge in [-0.3, -0.25) is 9.78 Å². The van der Waals surface area contributed by atoms with E-state index in [1.54, 1.807) is 6.20 Å². The Bertz CT molecular complexity index is 394. The molecule has 1 N–H and O–H groups in total. The molecule has 0 aliphatic heterocycles. The number of pyridine rings is 1. The highest BCUT2D eigenvalue weighted by Crippen LogP contribution is 2.42. The monoisotopic (exact) mass is 247 g/mol. The minimum absolute atomic E-state index is 0.498. The molecule has 0 atom stereocenters.